The number of rotatable bonds is 1. The molecule has 0 amide bonds. The van der Waals surface area contributed by atoms with E-state index < -0.39 is 6.16 Å². The molecular formula is C23H32N4O4. The van der Waals surface area contributed by atoms with Gasteiger partial charge in [0.25, 0.3) is 5.88 Å². The predicted octanol–water partition coefficient (Wildman–Crippen LogP) is 6.04. The van der Waals surface area contributed by atoms with Gasteiger partial charge in [-0.05, 0) is 31.2 Å². The molecule has 3 aromatic rings. The number of hydrogen-bond acceptors (Lipinski definition) is 7. The number of aliphatic hydroxyl groups is 2. The summed E-state index contributed by atoms with van der Waals surface area (Å²) in [7, 11) is 0. The minimum atomic E-state index is -2.92. The van der Waals surface area contributed by atoms with Gasteiger partial charge in [-0.15, -0.1) is 10.2 Å². The molecule has 2 aromatic carbocycles. The van der Waals surface area contributed by atoms with Crippen LogP contribution in [0.2, 0.25) is 0 Å². The Morgan fingerprint density at radius 3 is 2.00 bits per heavy atom. The first kappa shape index (κ1) is 25.8. The molecule has 0 aliphatic carbocycles. The smallest absolute Gasteiger partial charge is 0.404 e. The number of para-hydroxylation sites is 2. The zero-order valence-corrected chi connectivity index (χ0v) is 19.2. The van der Waals surface area contributed by atoms with Gasteiger partial charge in [0.05, 0.1) is 11.4 Å². The lowest BCUT2D eigenvalue weighted by atomic mass is 10.3. The van der Waals surface area contributed by atoms with Crippen molar-refractivity contribution in [3.05, 3.63) is 60.3 Å². The Balaban J connectivity index is 0.000000739. The van der Waals surface area contributed by atoms with E-state index >= 15 is 0 Å². The molecule has 168 valence electrons. The first-order valence-electron chi connectivity index (χ1n) is 10.5. The highest BCUT2D eigenvalue weighted by Gasteiger charge is 2.35. The van der Waals surface area contributed by atoms with Gasteiger partial charge in [0, 0.05) is 0 Å². The fourth-order valence-corrected chi connectivity index (χ4v) is 2.47. The summed E-state index contributed by atoms with van der Waals surface area (Å²) in [5.41, 5.74) is 1.78. The third-order valence-electron chi connectivity index (χ3n) is 3.58. The fraction of sp³-hybridized carbons (Fsp3) is 0.348. The highest BCUT2D eigenvalue weighted by atomic mass is 16.9. The number of nitrogens with zero attached hydrogens (tertiary/aromatic N) is 4. The maximum Gasteiger partial charge on any atom is 0.506 e. The van der Waals surface area contributed by atoms with Crippen LogP contribution in [-0.4, -0.2) is 26.2 Å². The standard InChI is InChI=1S/C17H14N4O4.3C2H6/c1-11-15-16(21(20-11)12-7-3-2-4-8-12)25-17(22,23)24-14-10-6-5-9-13(14)18-19-15;3*1-2/h2-10,22-23H,1H3;3*1-2H3. The zero-order chi connectivity index (χ0) is 23.4. The molecule has 2 heterocycles. The second kappa shape index (κ2) is 12.5. The average Bonchev–Trinajstić information content (AvgIpc) is 3.14. The van der Waals surface area contributed by atoms with Gasteiger partial charge in [0.15, 0.2) is 11.4 Å². The maximum absolute atomic E-state index is 10.2. The van der Waals surface area contributed by atoms with Crippen molar-refractivity contribution in [2.75, 3.05) is 0 Å². The number of fused-ring (bicyclic) bond motifs is 2. The summed E-state index contributed by atoms with van der Waals surface area (Å²) < 4.78 is 11.9. The summed E-state index contributed by atoms with van der Waals surface area (Å²) in [6.07, 6.45) is -2.92. The second-order valence-corrected chi connectivity index (χ2v) is 5.41. The van der Waals surface area contributed by atoms with Gasteiger partial charge in [-0.2, -0.15) is 9.78 Å². The molecule has 0 saturated carbocycles. The van der Waals surface area contributed by atoms with Crippen molar-refractivity contribution in [1.82, 2.24) is 9.78 Å². The minimum absolute atomic E-state index is 0.00487. The van der Waals surface area contributed by atoms with Crippen LogP contribution in [0.1, 0.15) is 47.2 Å². The van der Waals surface area contributed by atoms with E-state index in [4.69, 9.17) is 9.47 Å². The van der Waals surface area contributed by atoms with Gasteiger partial charge in [0.2, 0.25) is 0 Å². The number of ether oxygens (including phenoxy) is 2. The number of hydrogen-bond donors (Lipinski definition) is 2. The highest BCUT2D eigenvalue weighted by molar-refractivity contribution is 5.57. The van der Waals surface area contributed by atoms with Crippen molar-refractivity contribution in [1.29, 1.82) is 0 Å². The van der Waals surface area contributed by atoms with E-state index in [1.165, 1.54) is 10.7 Å². The molecule has 4 rings (SSSR count). The molecule has 0 atom stereocenters. The van der Waals surface area contributed by atoms with E-state index in [0.717, 1.165) is 0 Å². The fourth-order valence-electron chi connectivity index (χ4n) is 2.47. The van der Waals surface area contributed by atoms with Crippen LogP contribution in [0.25, 0.3) is 5.69 Å². The molecule has 0 saturated heterocycles. The zero-order valence-electron chi connectivity index (χ0n) is 19.2. The van der Waals surface area contributed by atoms with Crippen LogP contribution in [0, 0.1) is 6.92 Å². The van der Waals surface area contributed by atoms with Crippen molar-refractivity contribution in [2.24, 2.45) is 10.2 Å². The van der Waals surface area contributed by atoms with Gasteiger partial charge >= 0.3 is 6.16 Å². The molecule has 0 radical (unpaired) electrons. The number of aromatic nitrogens is 2. The first-order chi connectivity index (χ1) is 15.0. The van der Waals surface area contributed by atoms with Crippen molar-refractivity contribution in [3.63, 3.8) is 0 Å². The molecule has 31 heavy (non-hydrogen) atoms. The lowest BCUT2D eigenvalue weighted by Gasteiger charge is -2.22. The number of azo groups is 1. The summed E-state index contributed by atoms with van der Waals surface area (Å²) in [4.78, 5) is 0. The molecule has 1 aliphatic rings. The van der Waals surface area contributed by atoms with Crippen molar-refractivity contribution in [2.45, 2.75) is 54.6 Å². The third-order valence-corrected chi connectivity index (χ3v) is 3.58. The molecule has 0 unspecified atom stereocenters. The molecule has 0 bridgehead atoms. The summed E-state index contributed by atoms with van der Waals surface area (Å²) in [5.74, 6) is 0.128. The molecule has 1 aromatic heterocycles. The average molecular weight is 429 g/mol. The molecule has 8 nitrogen and oxygen atoms in total. The van der Waals surface area contributed by atoms with Crippen molar-refractivity contribution in [3.8, 4) is 17.3 Å². The van der Waals surface area contributed by atoms with Gasteiger partial charge in [0.1, 0.15) is 5.69 Å². The van der Waals surface area contributed by atoms with E-state index in [-0.39, 0.29) is 17.3 Å². The SMILES string of the molecule is CC.CC.CC.Cc1nn(-c2ccccc2)c2c1N=Nc1ccccc1OC(O)(O)O2. The summed E-state index contributed by atoms with van der Waals surface area (Å²) in [5, 5.41) is 33.0. The van der Waals surface area contributed by atoms with Crippen LogP contribution in [0.5, 0.6) is 11.6 Å². The molecule has 0 fully saturated rings. The normalized spacial score (nSPS) is 12.7. The van der Waals surface area contributed by atoms with Crippen LogP contribution in [-0.2, 0) is 0 Å². The summed E-state index contributed by atoms with van der Waals surface area (Å²) in [6, 6.07) is 15.7. The summed E-state index contributed by atoms with van der Waals surface area (Å²) in [6.45, 7) is 13.7. The minimum Gasteiger partial charge on any atom is -0.404 e. The Morgan fingerprint density at radius 2 is 1.35 bits per heavy atom. The maximum atomic E-state index is 10.2. The van der Waals surface area contributed by atoms with Gasteiger partial charge in [-0.25, -0.2) is 0 Å². The van der Waals surface area contributed by atoms with E-state index in [1.807, 2.05) is 59.7 Å². The second-order valence-electron chi connectivity index (χ2n) is 5.41. The van der Waals surface area contributed by atoms with Crippen molar-refractivity contribution < 1.29 is 19.7 Å². The third kappa shape index (κ3) is 6.37. The lowest BCUT2D eigenvalue weighted by Crippen LogP contribution is -2.42. The molecule has 2 N–H and O–H groups in total. The monoisotopic (exact) mass is 428 g/mol. The van der Waals surface area contributed by atoms with Crippen molar-refractivity contribution >= 4 is 11.4 Å². The van der Waals surface area contributed by atoms with Gasteiger partial charge < -0.3 is 9.47 Å². The van der Waals surface area contributed by atoms with Crippen LogP contribution in [0.4, 0.5) is 11.4 Å². The highest BCUT2D eigenvalue weighted by Crippen LogP contribution is 2.40. The van der Waals surface area contributed by atoms with Gasteiger partial charge in [-0.3, -0.25) is 10.2 Å². The topological polar surface area (TPSA) is 101 Å². The Kier molecular flexibility index (Phi) is 10.4. The van der Waals surface area contributed by atoms with Crippen LogP contribution >= 0.6 is 0 Å². The van der Waals surface area contributed by atoms with E-state index in [0.29, 0.717) is 17.1 Å². The predicted molar refractivity (Wildman–Crippen MR) is 121 cm³/mol. The molecular weight excluding hydrogens is 396 g/mol. The van der Waals surface area contributed by atoms with Gasteiger partial charge in [-0.1, -0.05) is 71.9 Å². The Morgan fingerprint density at radius 1 is 0.774 bits per heavy atom. The Hall–Kier alpha value is -3.23. The lowest BCUT2D eigenvalue weighted by molar-refractivity contribution is -0.403. The van der Waals surface area contributed by atoms with E-state index in [1.54, 1.807) is 37.3 Å². The first-order valence-corrected chi connectivity index (χ1v) is 10.5. The Labute approximate surface area is 183 Å². The summed E-state index contributed by atoms with van der Waals surface area (Å²) >= 11 is 0. The largest absolute Gasteiger partial charge is 0.506 e. The van der Waals surface area contributed by atoms with E-state index in [2.05, 4.69) is 15.3 Å². The van der Waals surface area contributed by atoms with Crippen LogP contribution in [0.3, 0.4) is 0 Å². The van der Waals surface area contributed by atoms with Crippen LogP contribution in [0.15, 0.2) is 64.8 Å². The quantitative estimate of drug-likeness (QED) is 0.460. The molecule has 1 aliphatic heterocycles. The van der Waals surface area contributed by atoms with Crippen LogP contribution < -0.4 is 9.47 Å². The van der Waals surface area contributed by atoms with E-state index in [9.17, 15) is 10.2 Å². The molecule has 0 spiro atoms. The number of benzene rings is 2. The Bertz CT molecular complexity index is 953. The molecule has 8 heteroatoms. The number of aryl methyl sites for hydroxylation is 1.